The Morgan fingerprint density at radius 1 is 1.14 bits per heavy atom. The predicted molar refractivity (Wildman–Crippen MR) is 109 cm³/mol. The van der Waals surface area contributed by atoms with E-state index in [1.165, 1.54) is 24.6 Å². The van der Waals surface area contributed by atoms with Crippen LogP contribution in [-0.4, -0.2) is 25.6 Å². The minimum Gasteiger partial charge on any atom is -0.322 e. The molecule has 9 heteroatoms. The Morgan fingerprint density at radius 2 is 2.00 bits per heavy atom. The average molecular weight is 412 g/mol. The van der Waals surface area contributed by atoms with Gasteiger partial charge in [0, 0.05) is 35.3 Å². The summed E-state index contributed by atoms with van der Waals surface area (Å²) < 4.78 is 2.12. The summed E-state index contributed by atoms with van der Waals surface area (Å²) in [6.07, 6.45) is 4.26. The lowest BCUT2D eigenvalue weighted by molar-refractivity contribution is -0.385. The summed E-state index contributed by atoms with van der Waals surface area (Å²) in [6, 6.07) is 11.2. The van der Waals surface area contributed by atoms with Gasteiger partial charge in [-0.2, -0.15) is 0 Å². The van der Waals surface area contributed by atoms with Crippen LogP contribution in [0.2, 0.25) is 5.02 Å². The van der Waals surface area contributed by atoms with Crippen LogP contribution < -0.4 is 5.32 Å². The minimum absolute atomic E-state index is 0.0545. The molecule has 0 radical (unpaired) electrons. The predicted octanol–water partition coefficient (Wildman–Crippen LogP) is 4.49. The summed E-state index contributed by atoms with van der Waals surface area (Å²) in [7, 11) is 0. The third kappa shape index (κ3) is 3.97. The van der Waals surface area contributed by atoms with Crippen molar-refractivity contribution in [2.45, 2.75) is 32.2 Å². The molecule has 1 aliphatic rings. The van der Waals surface area contributed by atoms with Gasteiger partial charge in [-0.05, 0) is 37.1 Å². The number of benzene rings is 2. The number of nitrogens with zero attached hydrogens (tertiary/aromatic N) is 4. The highest BCUT2D eigenvalue weighted by molar-refractivity contribution is 6.31. The van der Waals surface area contributed by atoms with Crippen molar-refractivity contribution in [1.29, 1.82) is 0 Å². The summed E-state index contributed by atoms with van der Waals surface area (Å²) in [5, 5.41) is 22.8. The van der Waals surface area contributed by atoms with E-state index in [0.717, 1.165) is 43.0 Å². The molecule has 0 spiro atoms. The monoisotopic (exact) mass is 411 g/mol. The molecule has 8 nitrogen and oxygen atoms in total. The van der Waals surface area contributed by atoms with Crippen molar-refractivity contribution >= 4 is 28.9 Å². The van der Waals surface area contributed by atoms with Gasteiger partial charge in [-0.15, -0.1) is 10.2 Å². The van der Waals surface area contributed by atoms with Crippen molar-refractivity contribution in [2.75, 3.05) is 5.32 Å². The first-order chi connectivity index (χ1) is 14.0. The number of anilines is 1. The van der Waals surface area contributed by atoms with Crippen LogP contribution in [0, 0.1) is 10.1 Å². The zero-order valence-electron chi connectivity index (χ0n) is 15.5. The van der Waals surface area contributed by atoms with E-state index in [9.17, 15) is 14.9 Å². The molecule has 2 aromatic carbocycles. The van der Waals surface area contributed by atoms with Gasteiger partial charge in [0.15, 0.2) is 5.82 Å². The molecule has 148 valence electrons. The van der Waals surface area contributed by atoms with E-state index >= 15 is 0 Å². The highest BCUT2D eigenvalue weighted by atomic mass is 35.5. The zero-order valence-corrected chi connectivity index (χ0v) is 16.2. The van der Waals surface area contributed by atoms with E-state index in [2.05, 4.69) is 20.1 Å². The fourth-order valence-electron chi connectivity index (χ4n) is 3.48. The van der Waals surface area contributed by atoms with E-state index in [-0.39, 0.29) is 16.3 Å². The molecule has 0 unspecified atom stereocenters. The van der Waals surface area contributed by atoms with Crippen LogP contribution in [-0.2, 0) is 13.0 Å². The lowest BCUT2D eigenvalue weighted by Crippen LogP contribution is -2.14. The van der Waals surface area contributed by atoms with Crippen LogP contribution >= 0.6 is 11.6 Å². The van der Waals surface area contributed by atoms with Crippen LogP contribution in [0.4, 0.5) is 11.4 Å². The van der Waals surface area contributed by atoms with Crippen LogP contribution in [0.25, 0.3) is 11.4 Å². The Morgan fingerprint density at radius 3 is 2.83 bits per heavy atom. The number of nitrogens with one attached hydrogen (secondary N) is 1. The molecule has 1 N–H and O–H groups in total. The lowest BCUT2D eigenvalue weighted by atomic mass is 10.1. The number of aromatic nitrogens is 3. The number of rotatable bonds is 4. The Hall–Kier alpha value is -3.26. The molecule has 3 aromatic rings. The van der Waals surface area contributed by atoms with Crippen molar-refractivity contribution in [2.24, 2.45) is 0 Å². The van der Waals surface area contributed by atoms with Gasteiger partial charge in [-0.3, -0.25) is 14.9 Å². The molecule has 1 amide bonds. The summed E-state index contributed by atoms with van der Waals surface area (Å²) >= 11 is 5.82. The Balaban J connectivity index is 1.62. The molecule has 0 saturated heterocycles. The van der Waals surface area contributed by atoms with Crippen molar-refractivity contribution in [3.63, 3.8) is 0 Å². The van der Waals surface area contributed by atoms with Crippen molar-refractivity contribution in [3.8, 4) is 11.4 Å². The third-order valence-corrected chi connectivity index (χ3v) is 5.12. The Labute approximate surface area is 171 Å². The highest BCUT2D eigenvalue weighted by Gasteiger charge is 2.21. The molecule has 29 heavy (non-hydrogen) atoms. The van der Waals surface area contributed by atoms with Crippen molar-refractivity contribution in [3.05, 3.63) is 69.0 Å². The summed E-state index contributed by atoms with van der Waals surface area (Å²) in [5.41, 5.74) is 0.951. The van der Waals surface area contributed by atoms with Gasteiger partial charge in [0.1, 0.15) is 11.4 Å². The number of aryl methyl sites for hydroxylation is 1. The Kier molecular flexibility index (Phi) is 5.26. The SMILES string of the molecule is O=C(Nc1cccc(-c2nnc3n2CCCCC3)c1)c1ccc(Cl)cc1[N+](=O)[O-]. The molecule has 1 aromatic heterocycles. The quantitative estimate of drug-likeness (QED) is 0.503. The first-order valence-corrected chi connectivity index (χ1v) is 9.68. The van der Waals surface area contributed by atoms with Gasteiger partial charge < -0.3 is 9.88 Å². The summed E-state index contributed by atoms with van der Waals surface area (Å²) in [5.74, 6) is 1.16. The lowest BCUT2D eigenvalue weighted by Gasteiger charge is -2.10. The average Bonchev–Trinajstić information content (AvgIpc) is 2.96. The first kappa shape index (κ1) is 19.1. The summed E-state index contributed by atoms with van der Waals surface area (Å²) in [6.45, 7) is 0.866. The van der Waals surface area contributed by atoms with Crippen molar-refractivity contribution in [1.82, 2.24) is 14.8 Å². The number of nitro groups is 1. The molecular weight excluding hydrogens is 394 g/mol. The zero-order chi connectivity index (χ0) is 20.4. The second-order valence-electron chi connectivity index (χ2n) is 6.86. The van der Waals surface area contributed by atoms with Crippen LogP contribution in [0.15, 0.2) is 42.5 Å². The highest BCUT2D eigenvalue weighted by Crippen LogP contribution is 2.27. The molecule has 0 bridgehead atoms. The fraction of sp³-hybridized carbons (Fsp3) is 0.250. The van der Waals surface area contributed by atoms with Gasteiger partial charge in [-0.25, -0.2) is 0 Å². The first-order valence-electron chi connectivity index (χ1n) is 9.31. The van der Waals surface area contributed by atoms with E-state index in [4.69, 9.17) is 11.6 Å². The maximum atomic E-state index is 12.6. The summed E-state index contributed by atoms with van der Waals surface area (Å²) in [4.78, 5) is 23.3. The third-order valence-electron chi connectivity index (χ3n) is 4.89. The number of amides is 1. The molecule has 4 rings (SSSR count). The van der Waals surface area contributed by atoms with E-state index in [1.807, 2.05) is 6.07 Å². The van der Waals surface area contributed by atoms with Crippen LogP contribution in [0.1, 0.15) is 35.4 Å². The van der Waals surface area contributed by atoms with Gasteiger partial charge in [0.05, 0.1) is 4.92 Å². The normalized spacial score (nSPS) is 13.4. The Bertz CT molecular complexity index is 1100. The van der Waals surface area contributed by atoms with Gasteiger partial charge in [-0.1, -0.05) is 30.2 Å². The second kappa shape index (κ2) is 8.00. The van der Waals surface area contributed by atoms with E-state index in [1.54, 1.807) is 18.2 Å². The standard InChI is InChI=1S/C20H18ClN5O3/c21-14-8-9-16(17(12-14)26(28)29)20(27)22-15-6-4-5-13(11-15)19-24-23-18-7-2-1-3-10-25(18)19/h4-6,8-9,11-12H,1-3,7,10H2,(H,22,27). The number of carbonyl (C=O) groups excluding carboxylic acids is 1. The minimum atomic E-state index is -0.622. The molecule has 0 aliphatic carbocycles. The number of carbonyl (C=O) groups is 1. The maximum Gasteiger partial charge on any atom is 0.283 e. The number of nitro benzene ring substituents is 1. The topological polar surface area (TPSA) is 103 Å². The second-order valence-corrected chi connectivity index (χ2v) is 7.29. The maximum absolute atomic E-state index is 12.6. The number of hydrogen-bond donors (Lipinski definition) is 1. The molecule has 0 saturated carbocycles. The molecular formula is C20H18ClN5O3. The smallest absolute Gasteiger partial charge is 0.283 e. The van der Waals surface area contributed by atoms with E-state index in [0.29, 0.717) is 5.69 Å². The molecule has 0 fully saturated rings. The van der Waals surface area contributed by atoms with E-state index < -0.39 is 10.8 Å². The largest absolute Gasteiger partial charge is 0.322 e. The van der Waals surface area contributed by atoms with Crippen molar-refractivity contribution < 1.29 is 9.72 Å². The van der Waals surface area contributed by atoms with Gasteiger partial charge in [0.25, 0.3) is 11.6 Å². The number of hydrogen-bond acceptors (Lipinski definition) is 5. The molecule has 2 heterocycles. The van der Waals surface area contributed by atoms with Gasteiger partial charge in [0.2, 0.25) is 0 Å². The molecule has 1 aliphatic heterocycles. The fourth-order valence-corrected chi connectivity index (χ4v) is 3.65. The van der Waals surface area contributed by atoms with Crippen LogP contribution in [0.3, 0.4) is 0 Å². The number of fused-ring (bicyclic) bond motifs is 1. The van der Waals surface area contributed by atoms with Gasteiger partial charge >= 0.3 is 0 Å². The van der Waals surface area contributed by atoms with Crippen LogP contribution in [0.5, 0.6) is 0 Å². The molecule has 0 atom stereocenters. The number of halogens is 1.